The second-order valence-electron chi connectivity index (χ2n) is 6.21. The summed E-state index contributed by atoms with van der Waals surface area (Å²) in [5, 5.41) is 0. The molecule has 2 saturated heterocycles. The number of nitrogens with zero attached hydrogens (tertiary/aromatic N) is 1. The Morgan fingerprint density at radius 3 is 2.43 bits per heavy atom. The van der Waals surface area contributed by atoms with Gasteiger partial charge in [0.25, 0.3) is 0 Å². The third-order valence-electron chi connectivity index (χ3n) is 4.34. The maximum absolute atomic E-state index is 5.81. The largest absolute Gasteiger partial charge is 0.377 e. The Morgan fingerprint density at radius 1 is 1.14 bits per heavy atom. The molecule has 3 nitrogen and oxygen atoms in total. The van der Waals surface area contributed by atoms with Gasteiger partial charge in [0.1, 0.15) is 0 Å². The molecule has 0 spiro atoms. The first-order valence-electron chi connectivity index (χ1n) is 7.91. The molecule has 1 aromatic rings. The van der Waals surface area contributed by atoms with E-state index in [4.69, 9.17) is 9.47 Å². The Hall–Kier alpha value is -0.420. The molecule has 0 radical (unpaired) electrons. The van der Waals surface area contributed by atoms with Crippen molar-refractivity contribution in [2.24, 2.45) is 0 Å². The quantitative estimate of drug-likeness (QED) is 0.780. The Morgan fingerprint density at radius 2 is 1.86 bits per heavy atom. The maximum Gasteiger partial charge on any atom is 0.0724 e. The van der Waals surface area contributed by atoms with E-state index in [-0.39, 0.29) is 0 Å². The fourth-order valence-electron chi connectivity index (χ4n) is 3.02. The number of rotatable bonds is 6. The molecule has 2 aliphatic heterocycles. The normalized spacial score (nSPS) is 25.3. The van der Waals surface area contributed by atoms with Gasteiger partial charge in [-0.25, -0.2) is 0 Å². The van der Waals surface area contributed by atoms with Gasteiger partial charge in [0.05, 0.1) is 12.2 Å². The van der Waals surface area contributed by atoms with E-state index >= 15 is 0 Å². The minimum Gasteiger partial charge on any atom is -0.377 e. The van der Waals surface area contributed by atoms with E-state index in [1.165, 1.54) is 34.9 Å². The molecule has 0 amide bonds. The zero-order valence-corrected chi connectivity index (χ0v) is 14.3. The van der Waals surface area contributed by atoms with Crippen LogP contribution in [-0.4, -0.2) is 43.4 Å². The third-order valence-corrected chi connectivity index (χ3v) is 5.08. The van der Waals surface area contributed by atoms with Crippen LogP contribution < -0.4 is 0 Å². The van der Waals surface area contributed by atoms with E-state index in [2.05, 4.69) is 46.0 Å². The van der Waals surface area contributed by atoms with Crippen molar-refractivity contribution in [2.75, 3.05) is 26.3 Å². The van der Waals surface area contributed by atoms with Gasteiger partial charge in [0.2, 0.25) is 0 Å². The lowest BCUT2D eigenvalue weighted by atomic mass is 10.1. The van der Waals surface area contributed by atoms with Gasteiger partial charge in [-0.2, -0.15) is 0 Å². The van der Waals surface area contributed by atoms with E-state index < -0.39 is 0 Å². The molecule has 0 aromatic heterocycles. The summed E-state index contributed by atoms with van der Waals surface area (Å²) in [5.74, 6) is 0. The highest BCUT2D eigenvalue weighted by atomic mass is 79.9. The van der Waals surface area contributed by atoms with Crippen LogP contribution >= 0.6 is 15.9 Å². The van der Waals surface area contributed by atoms with Gasteiger partial charge in [-0.1, -0.05) is 28.1 Å². The van der Waals surface area contributed by atoms with Gasteiger partial charge in [0.15, 0.2) is 0 Å². The lowest BCUT2D eigenvalue weighted by molar-refractivity contribution is -0.0725. The molecule has 0 bridgehead atoms. The second-order valence-corrected chi connectivity index (χ2v) is 7.06. The van der Waals surface area contributed by atoms with E-state index in [1.54, 1.807) is 0 Å². The van der Waals surface area contributed by atoms with Gasteiger partial charge >= 0.3 is 0 Å². The number of aryl methyl sites for hydroxylation is 1. The number of hydrogen-bond donors (Lipinski definition) is 0. The third kappa shape index (κ3) is 4.28. The van der Waals surface area contributed by atoms with Crippen molar-refractivity contribution >= 4 is 15.9 Å². The Bertz CT molecular complexity index is 470. The average molecular weight is 354 g/mol. The van der Waals surface area contributed by atoms with Gasteiger partial charge in [-0.05, 0) is 43.4 Å². The summed E-state index contributed by atoms with van der Waals surface area (Å²) >= 11 is 3.70. The SMILES string of the molecule is Cc1ccc(CN(CC2CCCO2)CC2CCO2)c(Br)c1. The smallest absolute Gasteiger partial charge is 0.0724 e. The molecule has 116 valence electrons. The molecule has 0 N–H and O–H groups in total. The molecule has 0 aliphatic carbocycles. The fourth-order valence-corrected chi connectivity index (χ4v) is 3.64. The van der Waals surface area contributed by atoms with Crippen molar-refractivity contribution < 1.29 is 9.47 Å². The molecule has 21 heavy (non-hydrogen) atoms. The number of halogens is 1. The highest BCUT2D eigenvalue weighted by Crippen LogP contribution is 2.23. The van der Waals surface area contributed by atoms with E-state index in [0.29, 0.717) is 12.2 Å². The number of ether oxygens (including phenoxy) is 2. The Labute approximate surface area is 135 Å². The summed E-state index contributed by atoms with van der Waals surface area (Å²) in [6.07, 6.45) is 4.39. The molecule has 4 heteroatoms. The molecular weight excluding hydrogens is 330 g/mol. The molecular formula is C17H24BrNO2. The number of benzene rings is 1. The van der Waals surface area contributed by atoms with Crippen LogP contribution in [0.2, 0.25) is 0 Å². The average Bonchev–Trinajstić information content (AvgIpc) is 2.89. The van der Waals surface area contributed by atoms with Crippen LogP contribution in [0.4, 0.5) is 0 Å². The van der Waals surface area contributed by atoms with Crippen molar-refractivity contribution in [1.29, 1.82) is 0 Å². The molecule has 0 saturated carbocycles. The van der Waals surface area contributed by atoms with Crippen LogP contribution in [0.3, 0.4) is 0 Å². The molecule has 2 unspecified atom stereocenters. The summed E-state index contributed by atoms with van der Waals surface area (Å²) in [4.78, 5) is 2.50. The van der Waals surface area contributed by atoms with Gasteiger partial charge in [0, 0.05) is 37.3 Å². The monoisotopic (exact) mass is 353 g/mol. The van der Waals surface area contributed by atoms with Gasteiger partial charge < -0.3 is 9.47 Å². The summed E-state index contributed by atoms with van der Waals surface area (Å²) in [6.45, 7) is 6.96. The van der Waals surface area contributed by atoms with Crippen molar-refractivity contribution in [3.8, 4) is 0 Å². The minimum atomic E-state index is 0.398. The van der Waals surface area contributed by atoms with Crippen molar-refractivity contribution in [3.63, 3.8) is 0 Å². The summed E-state index contributed by atoms with van der Waals surface area (Å²) in [6, 6.07) is 6.60. The maximum atomic E-state index is 5.81. The first-order valence-corrected chi connectivity index (χ1v) is 8.70. The van der Waals surface area contributed by atoms with E-state index in [1.807, 2.05) is 0 Å². The van der Waals surface area contributed by atoms with Gasteiger partial charge in [-0.15, -0.1) is 0 Å². The highest BCUT2D eigenvalue weighted by Gasteiger charge is 2.25. The predicted molar refractivity (Wildman–Crippen MR) is 87.5 cm³/mol. The van der Waals surface area contributed by atoms with Crippen LogP contribution in [0.25, 0.3) is 0 Å². The predicted octanol–water partition coefficient (Wildman–Crippen LogP) is 3.53. The van der Waals surface area contributed by atoms with Crippen LogP contribution in [0.5, 0.6) is 0 Å². The molecule has 1 aromatic carbocycles. The molecule has 3 rings (SSSR count). The first kappa shape index (κ1) is 15.5. The Balaban J connectivity index is 1.64. The summed E-state index contributed by atoms with van der Waals surface area (Å²) < 4.78 is 12.6. The topological polar surface area (TPSA) is 21.7 Å². The van der Waals surface area contributed by atoms with Crippen LogP contribution in [0, 0.1) is 6.92 Å². The second kappa shape index (κ2) is 7.23. The molecule has 2 atom stereocenters. The zero-order chi connectivity index (χ0) is 14.7. The molecule has 2 fully saturated rings. The van der Waals surface area contributed by atoms with E-state index in [0.717, 1.165) is 32.8 Å². The van der Waals surface area contributed by atoms with Crippen molar-refractivity contribution in [2.45, 2.75) is 44.9 Å². The minimum absolute atomic E-state index is 0.398. The van der Waals surface area contributed by atoms with Crippen molar-refractivity contribution in [3.05, 3.63) is 33.8 Å². The standard InChI is InChI=1S/C17H24BrNO2/c1-13-4-5-14(17(18)9-13)10-19(12-16-6-8-21-16)11-15-3-2-7-20-15/h4-5,9,15-16H,2-3,6-8,10-12H2,1H3. The van der Waals surface area contributed by atoms with Crippen molar-refractivity contribution in [1.82, 2.24) is 4.90 Å². The lowest BCUT2D eigenvalue weighted by Crippen LogP contribution is -2.42. The van der Waals surface area contributed by atoms with Crippen LogP contribution in [0.1, 0.15) is 30.4 Å². The van der Waals surface area contributed by atoms with Crippen LogP contribution in [0.15, 0.2) is 22.7 Å². The summed E-state index contributed by atoms with van der Waals surface area (Å²) in [5.41, 5.74) is 2.64. The Kier molecular flexibility index (Phi) is 5.33. The molecule has 2 heterocycles. The van der Waals surface area contributed by atoms with Gasteiger partial charge in [-0.3, -0.25) is 4.90 Å². The first-order chi connectivity index (χ1) is 10.2. The highest BCUT2D eigenvalue weighted by molar-refractivity contribution is 9.10. The lowest BCUT2D eigenvalue weighted by Gasteiger charge is -2.34. The number of hydrogen-bond acceptors (Lipinski definition) is 3. The zero-order valence-electron chi connectivity index (χ0n) is 12.7. The summed E-state index contributed by atoms with van der Waals surface area (Å²) in [7, 11) is 0. The van der Waals surface area contributed by atoms with E-state index in [9.17, 15) is 0 Å². The van der Waals surface area contributed by atoms with Crippen LogP contribution in [-0.2, 0) is 16.0 Å². The molecule has 2 aliphatic rings. The fraction of sp³-hybridized carbons (Fsp3) is 0.647.